The van der Waals surface area contributed by atoms with Crippen LogP contribution in [-0.2, 0) is 11.2 Å². The van der Waals surface area contributed by atoms with E-state index in [2.05, 4.69) is 0 Å². The molecule has 27 heavy (non-hydrogen) atoms. The predicted molar refractivity (Wildman–Crippen MR) is 84.5 cm³/mol. The van der Waals surface area contributed by atoms with Crippen molar-refractivity contribution in [2.45, 2.75) is 25.7 Å². The summed E-state index contributed by atoms with van der Waals surface area (Å²) in [5, 5.41) is 1.61. The van der Waals surface area contributed by atoms with Crippen LogP contribution in [0.2, 0.25) is 0 Å². The van der Waals surface area contributed by atoms with Crippen LogP contribution in [0.25, 0.3) is 0 Å². The van der Waals surface area contributed by atoms with E-state index in [1.807, 2.05) is 0 Å². The van der Waals surface area contributed by atoms with E-state index >= 15 is 0 Å². The molecule has 0 aliphatic heterocycles. The maximum atomic E-state index is 13.6. The molecule has 0 spiro atoms. The van der Waals surface area contributed by atoms with Gasteiger partial charge >= 0.3 is 12.4 Å². The van der Waals surface area contributed by atoms with Gasteiger partial charge in [0.05, 0.1) is 0 Å². The van der Waals surface area contributed by atoms with Crippen LogP contribution in [0.4, 0.5) is 36.4 Å². The molecule has 0 heterocycles. The van der Waals surface area contributed by atoms with Gasteiger partial charge in [0.2, 0.25) is 11.3 Å². The molecule has 2 aromatic rings. The maximum Gasteiger partial charge on any atom is 0.412 e. The average molecular weight is 393 g/mol. The average Bonchev–Trinajstić information content (AvgIpc) is 2.54. The van der Waals surface area contributed by atoms with Gasteiger partial charge in [-0.15, -0.1) is 0 Å². The second kappa shape index (κ2) is 7.21. The molecule has 2 rings (SSSR count). The molecular formula is C18H14F7NO. The van der Waals surface area contributed by atoms with Gasteiger partial charge in [0, 0.05) is 12.1 Å². The Morgan fingerprint density at radius 3 is 2.00 bits per heavy atom. The SMILES string of the molecule is Cc1ccc(F)cc1NC(=O)C(Cc1ccccc1)(C(F)(F)F)C(F)(F)F. The molecular weight excluding hydrogens is 379 g/mol. The Hall–Kier alpha value is -2.58. The lowest BCUT2D eigenvalue weighted by Gasteiger charge is -2.36. The number of aryl methyl sites for hydroxylation is 1. The predicted octanol–water partition coefficient (Wildman–Crippen LogP) is 5.43. The molecule has 146 valence electrons. The number of halogens is 7. The summed E-state index contributed by atoms with van der Waals surface area (Å²) in [6.45, 7) is 1.31. The highest BCUT2D eigenvalue weighted by atomic mass is 19.4. The van der Waals surface area contributed by atoms with Crippen LogP contribution in [0.5, 0.6) is 0 Å². The highest BCUT2D eigenvalue weighted by Gasteiger charge is 2.75. The molecule has 0 radical (unpaired) electrons. The third kappa shape index (κ3) is 4.06. The summed E-state index contributed by atoms with van der Waals surface area (Å²) >= 11 is 0. The molecule has 0 unspecified atom stereocenters. The Kier molecular flexibility index (Phi) is 5.53. The van der Waals surface area contributed by atoms with Crippen molar-refractivity contribution >= 4 is 11.6 Å². The first-order valence-corrected chi connectivity index (χ1v) is 7.63. The lowest BCUT2D eigenvalue weighted by Crippen LogP contribution is -2.59. The fourth-order valence-corrected chi connectivity index (χ4v) is 2.56. The van der Waals surface area contributed by atoms with Crippen LogP contribution in [0, 0.1) is 18.2 Å². The van der Waals surface area contributed by atoms with Crippen molar-refractivity contribution in [1.82, 2.24) is 0 Å². The minimum Gasteiger partial charge on any atom is -0.325 e. The number of carbonyl (C=O) groups excluding carboxylic acids is 1. The minimum atomic E-state index is -5.94. The van der Waals surface area contributed by atoms with E-state index in [1.165, 1.54) is 25.1 Å². The van der Waals surface area contributed by atoms with Crippen molar-refractivity contribution in [1.29, 1.82) is 0 Å². The van der Waals surface area contributed by atoms with Gasteiger partial charge in [-0.05, 0) is 30.2 Å². The number of hydrogen-bond acceptors (Lipinski definition) is 1. The van der Waals surface area contributed by atoms with E-state index in [-0.39, 0.29) is 11.1 Å². The van der Waals surface area contributed by atoms with Gasteiger partial charge < -0.3 is 5.32 Å². The monoisotopic (exact) mass is 393 g/mol. The summed E-state index contributed by atoms with van der Waals surface area (Å²) in [7, 11) is 0. The molecule has 9 heteroatoms. The molecule has 2 nitrogen and oxygen atoms in total. The topological polar surface area (TPSA) is 29.1 Å². The Balaban J connectivity index is 2.57. The van der Waals surface area contributed by atoms with E-state index in [9.17, 15) is 35.5 Å². The second-order valence-electron chi connectivity index (χ2n) is 5.98. The minimum absolute atomic E-state index is 0.114. The molecule has 0 aliphatic carbocycles. The van der Waals surface area contributed by atoms with E-state index in [0.717, 1.165) is 24.3 Å². The number of rotatable bonds is 4. The van der Waals surface area contributed by atoms with Crippen LogP contribution in [0.1, 0.15) is 11.1 Å². The number of hydrogen-bond donors (Lipinski definition) is 1. The van der Waals surface area contributed by atoms with Gasteiger partial charge in [-0.1, -0.05) is 36.4 Å². The van der Waals surface area contributed by atoms with Crippen molar-refractivity contribution < 1.29 is 35.5 Å². The van der Waals surface area contributed by atoms with Gasteiger partial charge in [-0.2, -0.15) is 26.3 Å². The first kappa shape index (κ1) is 20.7. The number of carbonyl (C=O) groups is 1. The molecule has 1 amide bonds. The summed E-state index contributed by atoms with van der Waals surface area (Å²) in [5.41, 5.74) is -5.37. The summed E-state index contributed by atoms with van der Waals surface area (Å²) in [6.07, 6.45) is -13.5. The van der Waals surface area contributed by atoms with Crippen LogP contribution >= 0.6 is 0 Å². The van der Waals surface area contributed by atoms with Crippen LogP contribution < -0.4 is 5.32 Å². The third-order valence-electron chi connectivity index (χ3n) is 4.12. The van der Waals surface area contributed by atoms with Gasteiger partial charge in [0.1, 0.15) is 5.82 Å². The standard InChI is InChI=1S/C18H14F7NO/c1-11-7-8-13(19)9-14(11)26-15(27)16(17(20,21)22,18(23,24)25)10-12-5-3-2-4-6-12/h2-9H,10H2,1H3,(H,26,27). The fourth-order valence-electron chi connectivity index (χ4n) is 2.56. The molecule has 1 N–H and O–H groups in total. The van der Waals surface area contributed by atoms with Crippen molar-refractivity contribution in [3.63, 3.8) is 0 Å². The number of alkyl halides is 6. The van der Waals surface area contributed by atoms with Crippen molar-refractivity contribution in [2.75, 3.05) is 5.32 Å². The maximum absolute atomic E-state index is 13.6. The Labute approximate surface area is 150 Å². The van der Waals surface area contributed by atoms with E-state index < -0.39 is 41.6 Å². The first-order chi connectivity index (χ1) is 12.4. The normalized spacial score (nSPS) is 12.7. The Bertz CT molecular complexity index is 799. The molecule has 0 saturated heterocycles. The van der Waals surface area contributed by atoms with Crippen LogP contribution in [-0.4, -0.2) is 18.3 Å². The summed E-state index contributed by atoms with van der Waals surface area (Å²) < 4.78 is 95.1. The lowest BCUT2D eigenvalue weighted by atomic mass is 9.78. The van der Waals surface area contributed by atoms with E-state index in [4.69, 9.17) is 0 Å². The summed E-state index contributed by atoms with van der Waals surface area (Å²) in [4.78, 5) is 12.3. The van der Waals surface area contributed by atoms with Gasteiger partial charge in [-0.25, -0.2) is 4.39 Å². The Morgan fingerprint density at radius 2 is 1.48 bits per heavy atom. The molecule has 0 fully saturated rings. The highest BCUT2D eigenvalue weighted by molar-refractivity contribution is 5.97. The van der Waals surface area contributed by atoms with E-state index in [0.29, 0.717) is 6.07 Å². The quantitative estimate of drug-likeness (QED) is 0.690. The summed E-state index contributed by atoms with van der Waals surface area (Å²) in [5.74, 6) is -3.23. The lowest BCUT2D eigenvalue weighted by molar-refractivity contribution is -0.323. The third-order valence-corrected chi connectivity index (χ3v) is 4.12. The number of nitrogens with one attached hydrogen (secondary N) is 1. The number of anilines is 1. The largest absolute Gasteiger partial charge is 0.412 e. The number of benzene rings is 2. The van der Waals surface area contributed by atoms with Gasteiger partial charge in [0.25, 0.3) is 0 Å². The molecule has 2 aromatic carbocycles. The molecule has 0 bridgehead atoms. The zero-order valence-electron chi connectivity index (χ0n) is 13.9. The fraction of sp³-hybridized carbons (Fsp3) is 0.278. The highest BCUT2D eigenvalue weighted by Crippen LogP contribution is 2.53. The number of amides is 1. The smallest absolute Gasteiger partial charge is 0.325 e. The van der Waals surface area contributed by atoms with Crippen LogP contribution in [0.15, 0.2) is 48.5 Å². The van der Waals surface area contributed by atoms with Crippen molar-refractivity contribution in [2.24, 2.45) is 5.41 Å². The second-order valence-corrected chi connectivity index (χ2v) is 5.98. The van der Waals surface area contributed by atoms with Gasteiger partial charge in [0.15, 0.2) is 0 Å². The molecule has 0 aliphatic rings. The van der Waals surface area contributed by atoms with Crippen molar-refractivity contribution in [3.05, 3.63) is 65.5 Å². The summed E-state index contributed by atoms with van der Waals surface area (Å²) in [6, 6.07) is 8.83. The van der Waals surface area contributed by atoms with Gasteiger partial charge in [-0.3, -0.25) is 4.79 Å². The molecule has 0 saturated carbocycles. The van der Waals surface area contributed by atoms with Crippen LogP contribution in [0.3, 0.4) is 0 Å². The molecule has 0 atom stereocenters. The molecule has 0 aromatic heterocycles. The first-order valence-electron chi connectivity index (χ1n) is 7.63. The van der Waals surface area contributed by atoms with E-state index in [1.54, 1.807) is 5.32 Å². The zero-order valence-corrected chi connectivity index (χ0v) is 13.9. The zero-order chi connectivity index (χ0) is 20.5. The van der Waals surface area contributed by atoms with Crippen molar-refractivity contribution in [3.8, 4) is 0 Å². The Morgan fingerprint density at radius 1 is 0.926 bits per heavy atom.